The van der Waals surface area contributed by atoms with Crippen molar-refractivity contribution >= 4 is 18.4 Å². The number of Topliss-reactive ketones (excluding diaryl/α,β-unsaturated/α-hetero) is 2. The molecule has 0 radical (unpaired) electrons. The van der Waals surface area contributed by atoms with Crippen LogP contribution in [0.5, 0.6) is 0 Å². The van der Waals surface area contributed by atoms with E-state index in [0.717, 1.165) is 45.4 Å². The van der Waals surface area contributed by atoms with E-state index in [1.807, 2.05) is 64.0 Å². The van der Waals surface area contributed by atoms with Crippen molar-refractivity contribution in [1.29, 1.82) is 0 Å². The molecule has 0 aromatic carbocycles. The molecule has 0 aromatic rings. The third-order valence-corrected chi connectivity index (χ3v) is 8.30. The highest BCUT2D eigenvalue weighted by molar-refractivity contribution is 6.00. The maximum Gasteiger partial charge on any atom is 0.187 e. The standard InChI is InChI=1S/C40H52O3.CH2O/c1-27(17-13-19-29(3)21-23-35-31(5)25-32(6)38(42)33(35)7)15-11-12-16-28(2)18-14-20-30(4)22-24-36-34(8)39(43)37(41)26-40(36,9)10;1-2/h11-24,31-32,37,41H,25-26H2,1-10H3;1H2/b12-11+,17-13+,18-14+,23-21+,24-22+,27-15+,28-16+,29-19+,30-20+;/t31-,32-,37?;/m0./s1. The van der Waals surface area contributed by atoms with Gasteiger partial charge in [-0.05, 0) is 88.0 Å². The van der Waals surface area contributed by atoms with Gasteiger partial charge in [0, 0.05) is 5.92 Å². The Bertz CT molecular complexity index is 1420. The molecule has 242 valence electrons. The van der Waals surface area contributed by atoms with Crippen LogP contribution in [0.15, 0.2) is 130 Å². The highest BCUT2D eigenvalue weighted by atomic mass is 16.3. The van der Waals surface area contributed by atoms with Gasteiger partial charge in [0.15, 0.2) is 11.6 Å². The lowest BCUT2D eigenvalue weighted by atomic mass is 9.71. The number of aliphatic hydroxyl groups is 1. The topological polar surface area (TPSA) is 71.4 Å². The summed E-state index contributed by atoms with van der Waals surface area (Å²) in [4.78, 5) is 32.6. The van der Waals surface area contributed by atoms with Crippen molar-refractivity contribution in [2.24, 2.45) is 17.3 Å². The number of carbonyl (C=O) groups is 3. The minimum Gasteiger partial charge on any atom is -0.385 e. The quantitative estimate of drug-likeness (QED) is 0.250. The van der Waals surface area contributed by atoms with E-state index in [1.165, 1.54) is 0 Å². The third-order valence-electron chi connectivity index (χ3n) is 8.30. The fraction of sp³-hybridized carbons (Fsp3) is 0.390. The summed E-state index contributed by atoms with van der Waals surface area (Å²) in [5.74, 6) is 0.645. The van der Waals surface area contributed by atoms with Crippen molar-refractivity contribution in [3.05, 3.63) is 130 Å². The summed E-state index contributed by atoms with van der Waals surface area (Å²) < 4.78 is 0. The Balaban J connectivity index is 0.00000496. The monoisotopic (exact) mass is 610 g/mol. The molecule has 1 N–H and O–H groups in total. The second-order valence-corrected chi connectivity index (χ2v) is 12.9. The first-order valence-corrected chi connectivity index (χ1v) is 15.7. The highest BCUT2D eigenvalue weighted by Gasteiger charge is 2.36. The summed E-state index contributed by atoms with van der Waals surface area (Å²) >= 11 is 0. The number of rotatable bonds is 10. The van der Waals surface area contributed by atoms with Gasteiger partial charge in [-0.25, -0.2) is 0 Å². The molecule has 0 heterocycles. The predicted octanol–water partition coefficient (Wildman–Crippen LogP) is 9.61. The summed E-state index contributed by atoms with van der Waals surface area (Å²) in [6.45, 7) is 22.4. The van der Waals surface area contributed by atoms with Gasteiger partial charge in [0.25, 0.3) is 0 Å². The molecule has 4 heteroatoms. The van der Waals surface area contributed by atoms with Gasteiger partial charge < -0.3 is 9.90 Å². The number of carbonyl (C=O) groups excluding carboxylic acids is 3. The maximum atomic E-state index is 12.3. The number of allylic oxidation sites excluding steroid dienone is 21. The molecule has 4 nitrogen and oxygen atoms in total. The minimum absolute atomic E-state index is 0.126. The molecule has 1 unspecified atom stereocenters. The van der Waals surface area contributed by atoms with E-state index in [9.17, 15) is 14.7 Å². The van der Waals surface area contributed by atoms with Crippen molar-refractivity contribution in [1.82, 2.24) is 0 Å². The fourth-order valence-electron chi connectivity index (χ4n) is 5.64. The van der Waals surface area contributed by atoms with Gasteiger partial charge in [-0.2, -0.15) is 0 Å². The average Bonchev–Trinajstić information content (AvgIpc) is 2.97. The Hall–Kier alpha value is -3.89. The van der Waals surface area contributed by atoms with Gasteiger partial charge in [-0.15, -0.1) is 0 Å². The van der Waals surface area contributed by atoms with Gasteiger partial charge in [0.2, 0.25) is 0 Å². The summed E-state index contributed by atoms with van der Waals surface area (Å²) in [6.07, 6.45) is 29.3. The Morgan fingerprint density at radius 3 is 1.64 bits per heavy atom. The van der Waals surface area contributed by atoms with Crippen LogP contribution in [0, 0.1) is 17.3 Å². The Labute approximate surface area is 272 Å². The summed E-state index contributed by atoms with van der Waals surface area (Å²) in [7, 11) is 0. The number of hydrogen-bond donors (Lipinski definition) is 1. The SMILES string of the molecule is C=O.CC1=C(/C=C/C(C)=C/C=C/C(C)=C/C=C/C=C(C)/C=C/C=C(C)/C=C/C2=C(C)C(=O)C(O)CC2(C)C)[C@@H](C)C[C@H](C)C1=O. The molecule has 2 aliphatic rings. The van der Waals surface area contributed by atoms with Crippen molar-refractivity contribution < 1.29 is 19.5 Å². The van der Waals surface area contributed by atoms with Crippen molar-refractivity contribution in [3.63, 3.8) is 0 Å². The first kappa shape index (κ1) is 39.1. The molecule has 0 spiro atoms. The van der Waals surface area contributed by atoms with Gasteiger partial charge in [0.05, 0.1) is 0 Å². The highest BCUT2D eigenvalue weighted by Crippen LogP contribution is 2.39. The molecule has 0 fully saturated rings. The van der Waals surface area contributed by atoms with Crippen LogP contribution in [-0.4, -0.2) is 29.6 Å². The Morgan fingerprint density at radius 2 is 1.13 bits per heavy atom. The van der Waals surface area contributed by atoms with Gasteiger partial charge >= 0.3 is 0 Å². The van der Waals surface area contributed by atoms with Crippen molar-refractivity contribution in [2.75, 3.05) is 0 Å². The second-order valence-electron chi connectivity index (χ2n) is 12.9. The van der Waals surface area contributed by atoms with E-state index >= 15 is 0 Å². The molecule has 0 bridgehead atoms. The van der Waals surface area contributed by atoms with E-state index in [2.05, 4.69) is 90.2 Å². The molecule has 2 rings (SSSR count). The van der Waals surface area contributed by atoms with Crippen LogP contribution in [0.3, 0.4) is 0 Å². The third kappa shape index (κ3) is 12.6. The van der Waals surface area contributed by atoms with Crippen LogP contribution < -0.4 is 0 Å². The number of hydrogen-bond acceptors (Lipinski definition) is 4. The number of ketones is 2. The Morgan fingerprint density at radius 1 is 0.689 bits per heavy atom. The lowest BCUT2D eigenvalue weighted by Gasteiger charge is -2.34. The number of aliphatic hydroxyl groups excluding tert-OH is 1. The second kappa shape index (κ2) is 18.8. The van der Waals surface area contributed by atoms with Crippen LogP contribution in [-0.2, 0) is 14.4 Å². The van der Waals surface area contributed by atoms with Crippen LogP contribution in [0.1, 0.15) is 82.1 Å². The zero-order chi connectivity index (χ0) is 34.3. The molecular weight excluding hydrogens is 556 g/mol. The summed E-state index contributed by atoms with van der Waals surface area (Å²) in [5.41, 5.74) is 7.99. The molecule has 0 amide bonds. The summed E-state index contributed by atoms with van der Waals surface area (Å²) in [5, 5.41) is 10.0. The molecule has 2 aliphatic carbocycles. The van der Waals surface area contributed by atoms with Crippen LogP contribution >= 0.6 is 0 Å². The summed E-state index contributed by atoms with van der Waals surface area (Å²) in [6, 6.07) is 0. The fourth-order valence-corrected chi connectivity index (χ4v) is 5.64. The van der Waals surface area contributed by atoms with Crippen LogP contribution in [0.4, 0.5) is 0 Å². The van der Waals surface area contributed by atoms with Crippen LogP contribution in [0.2, 0.25) is 0 Å². The smallest absolute Gasteiger partial charge is 0.187 e. The van der Waals surface area contributed by atoms with E-state index in [0.29, 0.717) is 17.9 Å². The minimum atomic E-state index is -0.900. The molecular formula is C41H54O4. The van der Waals surface area contributed by atoms with Crippen molar-refractivity contribution in [3.8, 4) is 0 Å². The first-order valence-electron chi connectivity index (χ1n) is 15.7. The molecule has 0 saturated carbocycles. The largest absolute Gasteiger partial charge is 0.385 e. The first-order chi connectivity index (χ1) is 21.1. The van der Waals surface area contributed by atoms with Gasteiger partial charge in [-0.1, -0.05) is 135 Å². The Kier molecular flexibility index (Phi) is 16.4. The molecule has 0 aliphatic heterocycles. The lowest BCUT2D eigenvalue weighted by Crippen LogP contribution is -2.35. The molecule has 0 saturated heterocycles. The zero-order valence-corrected chi connectivity index (χ0v) is 29.1. The van der Waals surface area contributed by atoms with E-state index in [4.69, 9.17) is 4.79 Å². The predicted molar refractivity (Wildman–Crippen MR) is 191 cm³/mol. The lowest BCUT2D eigenvalue weighted by molar-refractivity contribution is -0.125. The zero-order valence-electron chi connectivity index (χ0n) is 29.1. The average molecular weight is 611 g/mol. The maximum absolute atomic E-state index is 12.3. The van der Waals surface area contributed by atoms with Gasteiger partial charge in [-0.3, -0.25) is 9.59 Å². The normalized spacial score (nSPS) is 24.3. The molecule has 45 heavy (non-hydrogen) atoms. The van der Waals surface area contributed by atoms with Crippen LogP contribution in [0.25, 0.3) is 0 Å². The van der Waals surface area contributed by atoms with E-state index < -0.39 is 6.10 Å². The molecule has 3 atom stereocenters. The van der Waals surface area contributed by atoms with E-state index in [-0.39, 0.29) is 22.9 Å². The van der Waals surface area contributed by atoms with Gasteiger partial charge in [0.1, 0.15) is 12.9 Å². The molecule has 0 aromatic heterocycles. The van der Waals surface area contributed by atoms with Crippen molar-refractivity contribution in [2.45, 2.75) is 88.2 Å². The van der Waals surface area contributed by atoms with E-state index in [1.54, 1.807) is 6.92 Å².